The fourth-order valence-corrected chi connectivity index (χ4v) is 1.26. The van der Waals surface area contributed by atoms with Crippen molar-refractivity contribution in [2.24, 2.45) is 0 Å². The van der Waals surface area contributed by atoms with Gasteiger partial charge in [0.25, 0.3) is 0 Å². The number of nitrogen functional groups attached to an aromatic ring is 1. The standard InChI is InChI=1S/C10H12F3N3O2/c1-16(3-2-10(11,12)13)8-4-6(9(17)18)7(14)5-15-8/h4-5H,2-3,14H2,1H3,(H,17,18). The average Bonchev–Trinajstić information content (AvgIpc) is 2.25. The summed E-state index contributed by atoms with van der Waals surface area (Å²) in [6, 6.07) is 1.15. The maximum absolute atomic E-state index is 12.0. The van der Waals surface area contributed by atoms with Crippen LogP contribution in [-0.2, 0) is 0 Å². The molecule has 0 fully saturated rings. The molecule has 1 aromatic rings. The molecule has 0 bridgehead atoms. The number of anilines is 2. The Morgan fingerprint density at radius 1 is 1.56 bits per heavy atom. The molecule has 1 heterocycles. The largest absolute Gasteiger partial charge is 0.478 e. The lowest BCUT2D eigenvalue weighted by Crippen LogP contribution is -2.25. The van der Waals surface area contributed by atoms with E-state index in [0.29, 0.717) is 0 Å². The molecule has 0 saturated heterocycles. The molecule has 18 heavy (non-hydrogen) atoms. The third-order valence-corrected chi connectivity index (χ3v) is 2.27. The Bertz CT molecular complexity index is 448. The van der Waals surface area contributed by atoms with Crippen LogP contribution in [0.4, 0.5) is 24.7 Å². The van der Waals surface area contributed by atoms with Crippen LogP contribution < -0.4 is 10.6 Å². The van der Waals surface area contributed by atoms with Crippen molar-refractivity contribution in [3.05, 3.63) is 17.8 Å². The molecule has 5 nitrogen and oxygen atoms in total. The summed E-state index contributed by atoms with van der Waals surface area (Å²) in [5, 5.41) is 8.82. The van der Waals surface area contributed by atoms with Gasteiger partial charge in [0.05, 0.1) is 23.9 Å². The molecule has 3 N–H and O–H groups in total. The molecule has 0 radical (unpaired) electrons. The summed E-state index contributed by atoms with van der Waals surface area (Å²) in [4.78, 5) is 15.8. The maximum atomic E-state index is 12.0. The number of carboxylic acid groups (broad SMARTS) is 1. The first-order chi connectivity index (χ1) is 8.20. The van der Waals surface area contributed by atoms with Crippen LogP contribution in [0, 0.1) is 0 Å². The van der Waals surface area contributed by atoms with Crippen molar-refractivity contribution in [3.8, 4) is 0 Å². The second-order valence-corrected chi connectivity index (χ2v) is 3.72. The van der Waals surface area contributed by atoms with Crippen molar-refractivity contribution in [1.29, 1.82) is 0 Å². The zero-order valence-electron chi connectivity index (χ0n) is 9.53. The smallest absolute Gasteiger partial charge is 0.390 e. The van der Waals surface area contributed by atoms with Gasteiger partial charge in [-0.05, 0) is 6.07 Å². The van der Waals surface area contributed by atoms with Gasteiger partial charge in [0.1, 0.15) is 5.82 Å². The summed E-state index contributed by atoms with van der Waals surface area (Å²) in [5.41, 5.74) is 5.18. The number of carboxylic acids is 1. The highest BCUT2D eigenvalue weighted by molar-refractivity contribution is 5.94. The quantitative estimate of drug-likeness (QED) is 0.865. The topological polar surface area (TPSA) is 79.5 Å². The van der Waals surface area contributed by atoms with Crippen LogP contribution in [0.1, 0.15) is 16.8 Å². The van der Waals surface area contributed by atoms with Gasteiger partial charge in [-0.2, -0.15) is 13.2 Å². The Balaban J connectivity index is 2.83. The third-order valence-electron chi connectivity index (χ3n) is 2.27. The van der Waals surface area contributed by atoms with Crippen LogP contribution in [0.2, 0.25) is 0 Å². The van der Waals surface area contributed by atoms with E-state index in [1.165, 1.54) is 11.9 Å². The number of aromatic carboxylic acids is 1. The second-order valence-electron chi connectivity index (χ2n) is 3.72. The summed E-state index contributed by atoms with van der Waals surface area (Å²) in [7, 11) is 1.40. The highest BCUT2D eigenvalue weighted by Gasteiger charge is 2.27. The Labute approximate surface area is 101 Å². The summed E-state index contributed by atoms with van der Waals surface area (Å²) in [5.74, 6) is -1.12. The van der Waals surface area contributed by atoms with E-state index in [1.54, 1.807) is 0 Å². The lowest BCUT2D eigenvalue weighted by Gasteiger charge is -2.19. The molecule has 0 saturated carbocycles. The monoisotopic (exact) mass is 263 g/mol. The summed E-state index contributed by atoms with van der Waals surface area (Å²) in [6.45, 7) is -0.306. The van der Waals surface area contributed by atoms with Gasteiger partial charge >= 0.3 is 12.1 Å². The van der Waals surface area contributed by atoms with Gasteiger partial charge in [0, 0.05) is 13.6 Å². The van der Waals surface area contributed by atoms with Gasteiger partial charge in [0.2, 0.25) is 0 Å². The van der Waals surface area contributed by atoms with E-state index < -0.39 is 18.6 Å². The Hall–Kier alpha value is -1.99. The molecule has 0 unspecified atom stereocenters. The van der Waals surface area contributed by atoms with Gasteiger partial charge < -0.3 is 15.7 Å². The molecule has 0 amide bonds. The number of rotatable bonds is 4. The zero-order valence-corrected chi connectivity index (χ0v) is 9.53. The van der Waals surface area contributed by atoms with Gasteiger partial charge in [-0.3, -0.25) is 0 Å². The maximum Gasteiger partial charge on any atom is 0.390 e. The second kappa shape index (κ2) is 5.11. The van der Waals surface area contributed by atoms with E-state index in [-0.39, 0.29) is 23.6 Å². The SMILES string of the molecule is CN(CCC(F)(F)F)c1cc(C(=O)O)c(N)cn1. The normalized spacial score (nSPS) is 11.3. The van der Waals surface area contributed by atoms with Crippen LogP contribution in [-0.4, -0.2) is 35.8 Å². The number of alkyl halides is 3. The minimum absolute atomic E-state index is 0.0320. The van der Waals surface area contributed by atoms with Crippen molar-refractivity contribution in [1.82, 2.24) is 4.98 Å². The van der Waals surface area contributed by atoms with Crippen molar-refractivity contribution >= 4 is 17.5 Å². The lowest BCUT2D eigenvalue weighted by molar-refractivity contribution is -0.132. The summed E-state index contributed by atoms with van der Waals surface area (Å²) >= 11 is 0. The Morgan fingerprint density at radius 3 is 2.67 bits per heavy atom. The highest BCUT2D eigenvalue weighted by atomic mass is 19.4. The highest BCUT2D eigenvalue weighted by Crippen LogP contribution is 2.22. The van der Waals surface area contributed by atoms with Crippen LogP contribution >= 0.6 is 0 Å². The van der Waals surface area contributed by atoms with Gasteiger partial charge in [-0.15, -0.1) is 0 Å². The number of hydrogen-bond acceptors (Lipinski definition) is 4. The predicted molar refractivity (Wildman–Crippen MR) is 59.6 cm³/mol. The molecule has 0 aliphatic heterocycles. The van der Waals surface area contributed by atoms with Crippen molar-refractivity contribution < 1.29 is 23.1 Å². The number of nitrogens with two attached hydrogens (primary N) is 1. The predicted octanol–water partition coefficient (Wildman–Crippen LogP) is 1.75. The Kier molecular flexibility index (Phi) is 4.00. The van der Waals surface area contributed by atoms with E-state index in [9.17, 15) is 18.0 Å². The first kappa shape index (κ1) is 14.1. The first-order valence-corrected chi connectivity index (χ1v) is 4.97. The fraction of sp³-hybridized carbons (Fsp3) is 0.400. The fourth-order valence-electron chi connectivity index (χ4n) is 1.26. The molecular formula is C10H12F3N3O2. The van der Waals surface area contributed by atoms with Crippen molar-refractivity contribution in [2.45, 2.75) is 12.6 Å². The number of nitrogens with zero attached hydrogens (tertiary/aromatic N) is 2. The van der Waals surface area contributed by atoms with Gasteiger partial charge in [0.15, 0.2) is 0 Å². The molecule has 0 spiro atoms. The molecule has 0 aliphatic carbocycles. The van der Waals surface area contributed by atoms with Crippen LogP contribution in [0.25, 0.3) is 0 Å². The number of carbonyl (C=O) groups is 1. The third kappa shape index (κ3) is 3.79. The number of halogens is 3. The number of aromatic nitrogens is 1. The Morgan fingerprint density at radius 2 is 2.17 bits per heavy atom. The van der Waals surface area contributed by atoms with Crippen LogP contribution in [0.5, 0.6) is 0 Å². The van der Waals surface area contributed by atoms with Crippen LogP contribution in [0.15, 0.2) is 12.3 Å². The van der Waals surface area contributed by atoms with E-state index in [2.05, 4.69) is 4.98 Å². The number of pyridine rings is 1. The molecule has 100 valence electrons. The van der Waals surface area contributed by atoms with Crippen molar-refractivity contribution in [2.75, 3.05) is 24.2 Å². The van der Waals surface area contributed by atoms with E-state index in [4.69, 9.17) is 10.8 Å². The molecule has 1 rings (SSSR count). The lowest BCUT2D eigenvalue weighted by atomic mass is 10.2. The summed E-state index contributed by atoms with van der Waals surface area (Å²) < 4.78 is 36.1. The molecule has 0 aromatic carbocycles. The van der Waals surface area contributed by atoms with Crippen LogP contribution in [0.3, 0.4) is 0 Å². The molecular weight excluding hydrogens is 251 g/mol. The van der Waals surface area contributed by atoms with Gasteiger partial charge in [-0.25, -0.2) is 9.78 Å². The molecule has 8 heteroatoms. The molecule has 0 aliphatic rings. The van der Waals surface area contributed by atoms with E-state index >= 15 is 0 Å². The average molecular weight is 263 g/mol. The zero-order chi connectivity index (χ0) is 13.9. The summed E-state index contributed by atoms with van der Waals surface area (Å²) in [6.07, 6.45) is -4.15. The molecule has 0 atom stereocenters. The van der Waals surface area contributed by atoms with Gasteiger partial charge in [-0.1, -0.05) is 0 Å². The molecule has 1 aromatic heterocycles. The van der Waals surface area contributed by atoms with E-state index in [0.717, 1.165) is 12.3 Å². The van der Waals surface area contributed by atoms with Crippen molar-refractivity contribution in [3.63, 3.8) is 0 Å². The van der Waals surface area contributed by atoms with E-state index in [1.807, 2.05) is 0 Å². The number of hydrogen-bond donors (Lipinski definition) is 2. The first-order valence-electron chi connectivity index (χ1n) is 4.97. The minimum Gasteiger partial charge on any atom is -0.478 e. The minimum atomic E-state index is -4.27.